The van der Waals surface area contributed by atoms with Gasteiger partial charge in [-0.25, -0.2) is 0 Å². The quantitative estimate of drug-likeness (QED) is 0.626. The summed E-state index contributed by atoms with van der Waals surface area (Å²) in [6, 6.07) is 0. The van der Waals surface area contributed by atoms with Gasteiger partial charge in [0, 0.05) is 13.1 Å². The lowest BCUT2D eigenvalue weighted by molar-refractivity contribution is 0.100. The molecule has 0 bridgehead atoms. The normalized spacial score (nSPS) is 20.9. The van der Waals surface area contributed by atoms with Crippen molar-refractivity contribution in [2.45, 2.75) is 12.5 Å². The Balaban J connectivity index is 2.32. The summed E-state index contributed by atoms with van der Waals surface area (Å²) in [5, 5.41) is 10.1. The lowest BCUT2D eigenvalue weighted by Gasteiger charge is -2.15. The van der Waals surface area contributed by atoms with E-state index in [1.807, 2.05) is 4.90 Å². The fourth-order valence-electron chi connectivity index (χ4n) is 1.67. The van der Waals surface area contributed by atoms with Crippen LogP contribution in [0.25, 0.3) is 0 Å². The van der Waals surface area contributed by atoms with Gasteiger partial charge in [-0.15, -0.1) is 0 Å². The molecule has 1 fully saturated rings. The molecule has 2 heterocycles. The highest BCUT2D eigenvalue weighted by Gasteiger charge is 2.27. The first-order valence-electron chi connectivity index (χ1n) is 4.57. The molecule has 0 spiro atoms. The number of carbonyl (C=O) groups is 1. The molecule has 15 heavy (non-hydrogen) atoms. The van der Waals surface area contributed by atoms with Gasteiger partial charge in [0.2, 0.25) is 0 Å². The standard InChI is InChI=1S/C8H12N4O2S/c9-6-5(7(10)14)8(15-11-6)12-2-1-4(13)3-12/h4,13H,1-3H2,(H2,9,11)(H2,10,14). The Labute approximate surface area is 90.6 Å². The van der Waals surface area contributed by atoms with E-state index >= 15 is 0 Å². The molecule has 1 aromatic rings. The number of aromatic nitrogens is 1. The predicted octanol–water partition coefficient (Wildman–Crippen LogP) is -0.605. The smallest absolute Gasteiger partial charge is 0.255 e. The molecular weight excluding hydrogens is 216 g/mol. The molecule has 6 nitrogen and oxygen atoms in total. The van der Waals surface area contributed by atoms with Crippen molar-refractivity contribution in [3.8, 4) is 0 Å². The Kier molecular flexibility index (Phi) is 2.49. The first-order valence-corrected chi connectivity index (χ1v) is 5.35. The number of nitrogen functional groups attached to an aromatic ring is 1. The van der Waals surface area contributed by atoms with Crippen LogP contribution in [0.2, 0.25) is 0 Å². The number of anilines is 2. The minimum absolute atomic E-state index is 0.170. The maximum absolute atomic E-state index is 11.2. The molecule has 0 saturated carbocycles. The van der Waals surface area contributed by atoms with Crippen molar-refractivity contribution in [2.24, 2.45) is 5.73 Å². The van der Waals surface area contributed by atoms with Gasteiger partial charge in [0.15, 0.2) is 5.82 Å². The Bertz CT molecular complexity index is 392. The summed E-state index contributed by atoms with van der Waals surface area (Å²) >= 11 is 1.14. The highest BCUT2D eigenvalue weighted by atomic mass is 32.1. The van der Waals surface area contributed by atoms with E-state index < -0.39 is 5.91 Å². The van der Waals surface area contributed by atoms with E-state index in [2.05, 4.69) is 4.37 Å². The van der Waals surface area contributed by atoms with Crippen LogP contribution >= 0.6 is 11.5 Å². The van der Waals surface area contributed by atoms with E-state index in [4.69, 9.17) is 11.5 Å². The van der Waals surface area contributed by atoms with E-state index in [9.17, 15) is 9.90 Å². The summed E-state index contributed by atoms with van der Waals surface area (Å²) < 4.78 is 3.90. The van der Waals surface area contributed by atoms with Crippen LogP contribution in [-0.2, 0) is 0 Å². The number of amides is 1. The van der Waals surface area contributed by atoms with Crippen LogP contribution in [0.4, 0.5) is 10.8 Å². The highest BCUT2D eigenvalue weighted by Crippen LogP contribution is 2.32. The Morgan fingerprint density at radius 2 is 2.40 bits per heavy atom. The third-order valence-electron chi connectivity index (χ3n) is 2.40. The summed E-state index contributed by atoms with van der Waals surface area (Å²) in [5.41, 5.74) is 11.0. The number of aliphatic hydroxyl groups excluding tert-OH is 1. The first-order chi connectivity index (χ1) is 7.09. The zero-order valence-corrected chi connectivity index (χ0v) is 8.83. The topological polar surface area (TPSA) is 105 Å². The SMILES string of the molecule is NC(=O)c1c(N)nsc1N1CCC(O)C1. The van der Waals surface area contributed by atoms with Gasteiger partial charge < -0.3 is 21.5 Å². The number of hydrogen-bond acceptors (Lipinski definition) is 6. The maximum Gasteiger partial charge on any atom is 0.255 e. The molecule has 5 N–H and O–H groups in total. The number of aliphatic hydroxyl groups is 1. The number of rotatable bonds is 2. The second-order valence-corrected chi connectivity index (χ2v) is 4.25. The Morgan fingerprint density at radius 3 is 2.93 bits per heavy atom. The molecule has 1 aliphatic rings. The van der Waals surface area contributed by atoms with Crippen LogP contribution in [0.3, 0.4) is 0 Å². The molecule has 1 atom stereocenters. The Hall–Kier alpha value is -1.34. The van der Waals surface area contributed by atoms with Crippen molar-refractivity contribution in [1.29, 1.82) is 0 Å². The van der Waals surface area contributed by atoms with E-state index in [-0.39, 0.29) is 17.5 Å². The molecule has 0 aromatic carbocycles. The van der Waals surface area contributed by atoms with Crippen LogP contribution in [-0.4, -0.2) is 34.6 Å². The Morgan fingerprint density at radius 1 is 1.67 bits per heavy atom. The average molecular weight is 228 g/mol. The lowest BCUT2D eigenvalue weighted by Crippen LogP contribution is -2.24. The number of primary amides is 1. The maximum atomic E-state index is 11.2. The van der Waals surface area contributed by atoms with Gasteiger partial charge in [-0.3, -0.25) is 4.79 Å². The van der Waals surface area contributed by atoms with Gasteiger partial charge in [0.05, 0.1) is 6.10 Å². The molecule has 1 aliphatic heterocycles. The highest BCUT2D eigenvalue weighted by molar-refractivity contribution is 7.11. The van der Waals surface area contributed by atoms with Gasteiger partial charge in [-0.1, -0.05) is 0 Å². The summed E-state index contributed by atoms with van der Waals surface area (Å²) in [5.74, 6) is -0.401. The van der Waals surface area contributed by atoms with E-state index in [1.165, 1.54) is 0 Å². The minimum Gasteiger partial charge on any atom is -0.391 e. The van der Waals surface area contributed by atoms with E-state index in [1.54, 1.807) is 0 Å². The molecule has 0 radical (unpaired) electrons. The van der Waals surface area contributed by atoms with Crippen molar-refractivity contribution in [3.05, 3.63) is 5.56 Å². The summed E-state index contributed by atoms with van der Waals surface area (Å²) in [6.45, 7) is 1.20. The zero-order chi connectivity index (χ0) is 11.0. The van der Waals surface area contributed by atoms with Crippen LogP contribution in [0.15, 0.2) is 0 Å². The van der Waals surface area contributed by atoms with Gasteiger partial charge in [-0.05, 0) is 18.0 Å². The van der Waals surface area contributed by atoms with Crippen LogP contribution in [0.5, 0.6) is 0 Å². The number of carbonyl (C=O) groups excluding carboxylic acids is 1. The second-order valence-electron chi connectivity index (χ2n) is 3.50. The molecule has 2 rings (SSSR count). The molecule has 1 unspecified atom stereocenters. The van der Waals surface area contributed by atoms with Crippen LogP contribution in [0, 0.1) is 0 Å². The predicted molar refractivity (Wildman–Crippen MR) is 57.9 cm³/mol. The van der Waals surface area contributed by atoms with Crippen molar-refractivity contribution >= 4 is 28.3 Å². The molecule has 82 valence electrons. The van der Waals surface area contributed by atoms with Gasteiger partial charge >= 0.3 is 0 Å². The van der Waals surface area contributed by atoms with E-state index in [0.29, 0.717) is 24.5 Å². The monoisotopic (exact) mass is 228 g/mol. The third-order valence-corrected chi connectivity index (χ3v) is 3.32. The molecule has 7 heteroatoms. The van der Waals surface area contributed by atoms with Gasteiger partial charge in [0.1, 0.15) is 10.6 Å². The van der Waals surface area contributed by atoms with E-state index in [0.717, 1.165) is 11.5 Å². The minimum atomic E-state index is -0.572. The fourth-order valence-corrected chi connectivity index (χ4v) is 2.52. The fraction of sp³-hybridized carbons (Fsp3) is 0.500. The number of nitrogens with two attached hydrogens (primary N) is 2. The van der Waals surface area contributed by atoms with Crippen LogP contribution in [0.1, 0.15) is 16.8 Å². The summed E-state index contributed by atoms with van der Waals surface area (Å²) in [4.78, 5) is 13.0. The first kappa shape index (κ1) is 10.2. The largest absolute Gasteiger partial charge is 0.391 e. The van der Waals surface area contributed by atoms with Crippen molar-refractivity contribution < 1.29 is 9.90 Å². The number of nitrogens with zero attached hydrogens (tertiary/aromatic N) is 2. The van der Waals surface area contributed by atoms with Crippen molar-refractivity contribution in [3.63, 3.8) is 0 Å². The summed E-state index contributed by atoms with van der Waals surface area (Å²) in [6.07, 6.45) is 0.338. The molecule has 1 amide bonds. The van der Waals surface area contributed by atoms with Crippen molar-refractivity contribution in [2.75, 3.05) is 23.7 Å². The van der Waals surface area contributed by atoms with Crippen LogP contribution < -0.4 is 16.4 Å². The molecule has 1 saturated heterocycles. The third kappa shape index (κ3) is 1.75. The number of β-amino-alcohol motifs (C(OH)–C–C–N with tert-alkyl or cyclic N) is 1. The molecular formula is C8H12N4O2S. The lowest BCUT2D eigenvalue weighted by atomic mass is 10.3. The van der Waals surface area contributed by atoms with Gasteiger partial charge in [-0.2, -0.15) is 4.37 Å². The number of hydrogen-bond donors (Lipinski definition) is 3. The van der Waals surface area contributed by atoms with Gasteiger partial charge in [0.25, 0.3) is 5.91 Å². The summed E-state index contributed by atoms with van der Waals surface area (Å²) in [7, 11) is 0. The van der Waals surface area contributed by atoms with Crippen molar-refractivity contribution in [1.82, 2.24) is 4.37 Å². The zero-order valence-electron chi connectivity index (χ0n) is 8.01. The molecule has 1 aromatic heterocycles. The molecule has 0 aliphatic carbocycles. The second kappa shape index (κ2) is 3.67. The average Bonchev–Trinajstić information content (AvgIpc) is 2.71.